The fraction of sp³-hybridized carbons (Fsp3) is 0.385. The zero-order valence-electron chi connectivity index (χ0n) is 10.1. The van der Waals surface area contributed by atoms with Crippen LogP contribution < -0.4 is 4.90 Å². The molecule has 90 valence electrons. The third-order valence-corrected chi connectivity index (χ3v) is 3.20. The van der Waals surface area contributed by atoms with Crippen molar-refractivity contribution >= 4 is 17.9 Å². The molecule has 4 heteroatoms. The summed E-state index contributed by atoms with van der Waals surface area (Å²) in [6, 6.07) is 5.66. The lowest BCUT2D eigenvalue weighted by atomic mass is 10.1. The van der Waals surface area contributed by atoms with Crippen molar-refractivity contribution in [3.63, 3.8) is 0 Å². The molecule has 0 aromatic heterocycles. The van der Waals surface area contributed by atoms with E-state index in [4.69, 9.17) is 0 Å². The summed E-state index contributed by atoms with van der Waals surface area (Å²) >= 11 is 0. The zero-order chi connectivity index (χ0) is 12.4. The second kappa shape index (κ2) is 4.57. The molecule has 0 aliphatic carbocycles. The molecule has 1 fully saturated rings. The Bertz CT molecular complexity index is 457. The summed E-state index contributed by atoms with van der Waals surface area (Å²) in [5.74, 6) is 0.133. The molecular weight excluding hydrogens is 216 g/mol. The molecule has 0 bridgehead atoms. The molecule has 1 aromatic rings. The van der Waals surface area contributed by atoms with E-state index in [1.165, 1.54) is 0 Å². The van der Waals surface area contributed by atoms with Gasteiger partial charge in [0.1, 0.15) is 6.29 Å². The number of hydrogen-bond donors (Lipinski definition) is 0. The molecular formula is C13H16N2O2. The van der Waals surface area contributed by atoms with Crippen LogP contribution in [-0.4, -0.2) is 43.8 Å². The maximum absolute atomic E-state index is 11.6. The van der Waals surface area contributed by atoms with Crippen molar-refractivity contribution < 1.29 is 9.59 Å². The van der Waals surface area contributed by atoms with E-state index in [-0.39, 0.29) is 5.91 Å². The maximum atomic E-state index is 11.6. The van der Waals surface area contributed by atoms with E-state index in [1.54, 1.807) is 11.0 Å². The standard InChI is InChI=1S/C13H16N2O2/c1-10-7-12(4-3-11(10)9-16)15-6-5-14(2)13(17)8-15/h3-4,7,9H,5-6,8H2,1-2H3. The Morgan fingerprint density at radius 1 is 1.29 bits per heavy atom. The second-order valence-electron chi connectivity index (χ2n) is 4.40. The fourth-order valence-electron chi connectivity index (χ4n) is 1.97. The number of piperazine rings is 1. The van der Waals surface area contributed by atoms with Crippen LogP contribution >= 0.6 is 0 Å². The lowest BCUT2D eigenvalue weighted by Crippen LogP contribution is -2.48. The van der Waals surface area contributed by atoms with Gasteiger partial charge in [-0.25, -0.2) is 0 Å². The summed E-state index contributed by atoms with van der Waals surface area (Å²) in [7, 11) is 1.82. The lowest BCUT2D eigenvalue weighted by Gasteiger charge is -2.33. The van der Waals surface area contributed by atoms with E-state index < -0.39 is 0 Å². The summed E-state index contributed by atoms with van der Waals surface area (Å²) in [5, 5.41) is 0. The van der Waals surface area contributed by atoms with E-state index in [1.807, 2.05) is 31.0 Å². The van der Waals surface area contributed by atoms with Crippen molar-refractivity contribution in [1.82, 2.24) is 4.90 Å². The summed E-state index contributed by atoms with van der Waals surface area (Å²) < 4.78 is 0. The Labute approximate surface area is 101 Å². The molecule has 4 nitrogen and oxygen atoms in total. The monoisotopic (exact) mass is 232 g/mol. The number of aryl methyl sites for hydroxylation is 1. The molecule has 0 unspecified atom stereocenters. The smallest absolute Gasteiger partial charge is 0.241 e. The summed E-state index contributed by atoms with van der Waals surface area (Å²) in [4.78, 5) is 26.1. The van der Waals surface area contributed by atoms with Gasteiger partial charge < -0.3 is 9.80 Å². The van der Waals surface area contributed by atoms with E-state index >= 15 is 0 Å². The molecule has 1 aromatic carbocycles. The van der Waals surface area contributed by atoms with Gasteiger partial charge in [-0.05, 0) is 30.7 Å². The molecule has 17 heavy (non-hydrogen) atoms. The van der Waals surface area contributed by atoms with Crippen molar-refractivity contribution in [2.24, 2.45) is 0 Å². The number of nitrogens with zero attached hydrogens (tertiary/aromatic N) is 2. The molecule has 1 heterocycles. The predicted molar refractivity (Wildman–Crippen MR) is 66.4 cm³/mol. The van der Waals surface area contributed by atoms with E-state index in [0.29, 0.717) is 12.1 Å². The average molecular weight is 232 g/mol. The van der Waals surface area contributed by atoms with E-state index in [9.17, 15) is 9.59 Å². The highest BCUT2D eigenvalue weighted by Gasteiger charge is 2.21. The third kappa shape index (κ3) is 2.30. The van der Waals surface area contributed by atoms with Crippen LogP contribution in [0.5, 0.6) is 0 Å². The minimum absolute atomic E-state index is 0.133. The molecule has 0 spiro atoms. The summed E-state index contributed by atoms with van der Waals surface area (Å²) in [6.45, 7) is 3.90. The van der Waals surface area contributed by atoms with Gasteiger partial charge in [0.15, 0.2) is 0 Å². The van der Waals surface area contributed by atoms with Gasteiger partial charge in [-0.2, -0.15) is 0 Å². The van der Waals surface area contributed by atoms with Gasteiger partial charge in [-0.15, -0.1) is 0 Å². The molecule has 1 amide bonds. The van der Waals surface area contributed by atoms with Crippen molar-refractivity contribution in [1.29, 1.82) is 0 Å². The molecule has 1 saturated heterocycles. The molecule has 1 aliphatic rings. The van der Waals surface area contributed by atoms with Gasteiger partial charge in [0, 0.05) is 31.4 Å². The number of benzene rings is 1. The normalized spacial score (nSPS) is 16.2. The SMILES string of the molecule is Cc1cc(N2CCN(C)C(=O)C2)ccc1C=O. The van der Waals surface area contributed by atoms with Gasteiger partial charge >= 0.3 is 0 Å². The van der Waals surface area contributed by atoms with Gasteiger partial charge in [0.05, 0.1) is 6.54 Å². The number of carbonyl (C=O) groups is 2. The van der Waals surface area contributed by atoms with Crippen LogP contribution in [0.4, 0.5) is 5.69 Å². The van der Waals surface area contributed by atoms with Crippen LogP contribution in [0.15, 0.2) is 18.2 Å². The molecule has 2 rings (SSSR count). The number of carbonyl (C=O) groups excluding carboxylic acids is 2. The first kappa shape index (κ1) is 11.6. The maximum Gasteiger partial charge on any atom is 0.241 e. The largest absolute Gasteiger partial charge is 0.360 e. The first-order chi connectivity index (χ1) is 8.11. The van der Waals surface area contributed by atoms with Crippen LogP contribution in [0.1, 0.15) is 15.9 Å². The molecule has 0 atom stereocenters. The topological polar surface area (TPSA) is 40.6 Å². The van der Waals surface area contributed by atoms with Crippen LogP contribution in [0.25, 0.3) is 0 Å². The second-order valence-corrected chi connectivity index (χ2v) is 4.40. The number of likely N-dealkylation sites (N-methyl/N-ethyl adjacent to an activating group) is 1. The van der Waals surface area contributed by atoms with Crippen molar-refractivity contribution in [3.8, 4) is 0 Å². The van der Waals surface area contributed by atoms with Gasteiger partial charge in [-0.3, -0.25) is 9.59 Å². The Morgan fingerprint density at radius 3 is 2.65 bits per heavy atom. The van der Waals surface area contributed by atoms with Crippen molar-refractivity contribution in [3.05, 3.63) is 29.3 Å². The van der Waals surface area contributed by atoms with Crippen LogP contribution in [0.2, 0.25) is 0 Å². The highest BCUT2D eigenvalue weighted by Crippen LogP contribution is 2.19. The van der Waals surface area contributed by atoms with E-state index in [2.05, 4.69) is 0 Å². The highest BCUT2D eigenvalue weighted by atomic mass is 16.2. The fourth-order valence-corrected chi connectivity index (χ4v) is 1.97. The molecule has 1 aliphatic heterocycles. The number of rotatable bonds is 2. The van der Waals surface area contributed by atoms with Gasteiger partial charge in [-0.1, -0.05) is 0 Å². The van der Waals surface area contributed by atoms with E-state index in [0.717, 1.165) is 30.6 Å². The lowest BCUT2D eigenvalue weighted by molar-refractivity contribution is -0.129. The first-order valence-electron chi connectivity index (χ1n) is 5.66. The Balaban J connectivity index is 2.20. The Morgan fingerprint density at radius 2 is 2.06 bits per heavy atom. The van der Waals surface area contributed by atoms with Crippen LogP contribution in [-0.2, 0) is 4.79 Å². The van der Waals surface area contributed by atoms with Crippen molar-refractivity contribution in [2.75, 3.05) is 31.6 Å². The highest BCUT2D eigenvalue weighted by molar-refractivity contribution is 5.83. The summed E-state index contributed by atoms with van der Waals surface area (Å²) in [5.41, 5.74) is 2.66. The Hall–Kier alpha value is -1.84. The number of amides is 1. The van der Waals surface area contributed by atoms with Crippen molar-refractivity contribution in [2.45, 2.75) is 6.92 Å². The average Bonchev–Trinajstić information content (AvgIpc) is 2.32. The minimum Gasteiger partial charge on any atom is -0.360 e. The summed E-state index contributed by atoms with van der Waals surface area (Å²) in [6.07, 6.45) is 0.855. The quantitative estimate of drug-likeness (QED) is 0.717. The Kier molecular flexibility index (Phi) is 3.13. The number of aldehydes is 1. The number of hydrogen-bond acceptors (Lipinski definition) is 3. The molecule has 0 saturated carbocycles. The minimum atomic E-state index is 0.133. The van der Waals surface area contributed by atoms with Gasteiger partial charge in [0.2, 0.25) is 5.91 Å². The van der Waals surface area contributed by atoms with Crippen LogP contribution in [0, 0.1) is 6.92 Å². The zero-order valence-corrected chi connectivity index (χ0v) is 10.1. The van der Waals surface area contributed by atoms with Gasteiger partial charge in [0.25, 0.3) is 0 Å². The third-order valence-electron chi connectivity index (χ3n) is 3.20. The number of anilines is 1. The molecule has 0 radical (unpaired) electrons. The first-order valence-corrected chi connectivity index (χ1v) is 5.66. The molecule has 0 N–H and O–H groups in total. The predicted octanol–water partition coefficient (Wildman–Crippen LogP) is 1.09. The van der Waals surface area contributed by atoms with Crippen LogP contribution in [0.3, 0.4) is 0 Å².